The number of aliphatic carboxylic acids is 1. The van der Waals surface area contributed by atoms with Crippen LogP contribution in [0.15, 0.2) is 30.3 Å². The summed E-state index contributed by atoms with van der Waals surface area (Å²) in [4.78, 5) is 28.9. The monoisotopic (exact) mass is 354 g/mol. The van der Waals surface area contributed by atoms with Crippen molar-refractivity contribution in [1.82, 2.24) is 20.0 Å². The van der Waals surface area contributed by atoms with Crippen LogP contribution in [0.3, 0.4) is 0 Å². The number of carbonyl (C=O) groups is 2. The Morgan fingerprint density at radius 3 is 2.73 bits per heavy atom. The molecule has 0 aliphatic carbocycles. The highest BCUT2D eigenvalue weighted by Gasteiger charge is 2.48. The number of carbonyl (C=O) groups excluding carboxylic acids is 1. The van der Waals surface area contributed by atoms with Crippen molar-refractivity contribution in [2.75, 3.05) is 26.7 Å². The number of benzene rings is 1. The van der Waals surface area contributed by atoms with Crippen LogP contribution in [0.25, 0.3) is 0 Å². The van der Waals surface area contributed by atoms with Gasteiger partial charge in [-0.2, -0.15) is 5.10 Å². The zero-order valence-corrected chi connectivity index (χ0v) is 14.7. The summed E-state index contributed by atoms with van der Waals surface area (Å²) in [6.07, 6.45) is 1.25. The molecular formula is C19H22N4O3. The molecule has 1 fully saturated rings. The summed E-state index contributed by atoms with van der Waals surface area (Å²) in [6.45, 7) is 2.20. The van der Waals surface area contributed by atoms with E-state index in [1.54, 1.807) is 4.90 Å². The molecule has 1 aromatic heterocycles. The van der Waals surface area contributed by atoms with Crippen LogP contribution in [0.1, 0.15) is 33.7 Å². The van der Waals surface area contributed by atoms with E-state index in [2.05, 4.69) is 15.1 Å². The number of fused-ring (bicyclic) bond motifs is 1. The molecule has 0 bridgehead atoms. The number of carboxylic acid groups (broad SMARTS) is 1. The molecule has 2 aliphatic heterocycles. The second-order valence-corrected chi connectivity index (χ2v) is 7.25. The highest BCUT2D eigenvalue weighted by Crippen LogP contribution is 2.36. The lowest BCUT2D eigenvalue weighted by Gasteiger charge is -2.26. The molecule has 1 amide bonds. The quantitative estimate of drug-likeness (QED) is 0.866. The molecule has 2 N–H and O–H groups in total. The molecule has 1 atom stereocenters. The van der Waals surface area contributed by atoms with Gasteiger partial charge in [0.2, 0.25) is 0 Å². The first-order valence-corrected chi connectivity index (χ1v) is 8.84. The molecule has 4 rings (SSSR count). The third-order valence-electron chi connectivity index (χ3n) is 5.62. The fourth-order valence-electron chi connectivity index (χ4n) is 4.03. The van der Waals surface area contributed by atoms with E-state index in [0.29, 0.717) is 25.2 Å². The van der Waals surface area contributed by atoms with E-state index in [9.17, 15) is 14.7 Å². The van der Waals surface area contributed by atoms with Gasteiger partial charge in [0.15, 0.2) is 5.69 Å². The minimum Gasteiger partial charge on any atom is -0.481 e. The number of rotatable bonds is 3. The van der Waals surface area contributed by atoms with E-state index in [1.165, 1.54) is 0 Å². The largest absolute Gasteiger partial charge is 0.481 e. The Morgan fingerprint density at radius 2 is 2.00 bits per heavy atom. The van der Waals surface area contributed by atoms with Crippen LogP contribution >= 0.6 is 0 Å². The molecule has 0 unspecified atom stereocenters. The lowest BCUT2D eigenvalue weighted by molar-refractivity contribution is -0.143. The van der Waals surface area contributed by atoms with Gasteiger partial charge in [0, 0.05) is 43.9 Å². The van der Waals surface area contributed by atoms with Crippen molar-refractivity contribution in [1.29, 1.82) is 0 Å². The average molecular weight is 354 g/mol. The van der Waals surface area contributed by atoms with Gasteiger partial charge in [-0.15, -0.1) is 0 Å². The predicted molar refractivity (Wildman–Crippen MR) is 94.9 cm³/mol. The van der Waals surface area contributed by atoms with Crippen molar-refractivity contribution < 1.29 is 14.7 Å². The maximum absolute atomic E-state index is 13.1. The van der Waals surface area contributed by atoms with Gasteiger partial charge >= 0.3 is 5.97 Å². The second-order valence-electron chi connectivity index (χ2n) is 7.25. The summed E-state index contributed by atoms with van der Waals surface area (Å²) in [5.74, 6) is -1.07. The van der Waals surface area contributed by atoms with E-state index < -0.39 is 11.4 Å². The lowest BCUT2D eigenvalue weighted by atomic mass is 9.80. The Labute approximate surface area is 151 Å². The maximum atomic E-state index is 13.1. The van der Waals surface area contributed by atoms with E-state index >= 15 is 0 Å². The Balaban J connectivity index is 1.62. The van der Waals surface area contributed by atoms with Crippen molar-refractivity contribution in [3.05, 3.63) is 52.8 Å². The normalized spacial score (nSPS) is 23.0. The van der Waals surface area contributed by atoms with E-state index in [4.69, 9.17) is 0 Å². The first-order valence-electron chi connectivity index (χ1n) is 8.84. The van der Waals surface area contributed by atoms with Crippen molar-refractivity contribution in [3.8, 4) is 0 Å². The fourth-order valence-corrected chi connectivity index (χ4v) is 4.03. The highest BCUT2D eigenvalue weighted by molar-refractivity contribution is 5.95. The molecule has 2 aromatic rings. The molecule has 1 aromatic carbocycles. The Bertz CT molecular complexity index is 848. The molecule has 136 valence electrons. The summed E-state index contributed by atoms with van der Waals surface area (Å²) in [5.41, 5.74) is 2.08. The third kappa shape index (κ3) is 2.59. The number of hydrogen-bond donors (Lipinski definition) is 2. The maximum Gasteiger partial charge on any atom is 0.316 e. The minimum absolute atomic E-state index is 0.169. The lowest BCUT2D eigenvalue weighted by Crippen LogP contribution is -2.40. The van der Waals surface area contributed by atoms with Crippen molar-refractivity contribution in [3.63, 3.8) is 0 Å². The minimum atomic E-state index is -1.05. The zero-order chi connectivity index (χ0) is 18.3. The Hall–Kier alpha value is -2.67. The molecule has 2 aliphatic rings. The number of likely N-dealkylation sites (N-methyl/N-ethyl adjacent to an activating group) is 1. The number of nitrogens with one attached hydrogen (secondary N) is 1. The second kappa shape index (κ2) is 6.25. The van der Waals surface area contributed by atoms with Crippen LogP contribution in [-0.2, 0) is 23.2 Å². The zero-order valence-electron chi connectivity index (χ0n) is 14.7. The highest BCUT2D eigenvalue weighted by atomic mass is 16.4. The first kappa shape index (κ1) is 16.8. The number of carboxylic acids is 1. The fraction of sp³-hybridized carbons (Fsp3) is 0.421. The van der Waals surface area contributed by atoms with Crippen LogP contribution in [0, 0.1) is 0 Å². The summed E-state index contributed by atoms with van der Waals surface area (Å²) in [6, 6.07) is 9.19. The molecule has 0 radical (unpaired) electrons. The van der Waals surface area contributed by atoms with Crippen LogP contribution in [0.2, 0.25) is 0 Å². The third-order valence-corrected chi connectivity index (χ3v) is 5.62. The Morgan fingerprint density at radius 1 is 1.23 bits per heavy atom. The standard InChI is InChI=1S/C19H22N4O3/c1-22-9-7-15-14(11-22)16(21-20-15)17(24)23-10-8-19(12-23,18(25)26)13-5-3-2-4-6-13/h2-6H,7-12H2,1H3,(H,20,21)(H,25,26)/t19-/m1/s1. The summed E-state index contributed by atoms with van der Waals surface area (Å²) < 4.78 is 0. The van der Waals surface area contributed by atoms with Gasteiger partial charge in [0.05, 0.1) is 0 Å². The molecule has 7 heteroatoms. The van der Waals surface area contributed by atoms with E-state index in [-0.39, 0.29) is 12.5 Å². The van der Waals surface area contributed by atoms with E-state index in [0.717, 1.165) is 29.8 Å². The molecule has 1 saturated heterocycles. The summed E-state index contributed by atoms with van der Waals surface area (Å²) in [5, 5.41) is 17.1. The van der Waals surface area contributed by atoms with Gasteiger partial charge in [-0.25, -0.2) is 0 Å². The topological polar surface area (TPSA) is 89.5 Å². The Kier molecular flexibility index (Phi) is 4.03. The molecular weight excluding hydrogens is 332 g/mol. The van der Waals surface area contributed by atoms with Gasteiger partial charge in [-0.3, -0.25) is 14.7 Å². The summed E-state index contributed by atoms with van der Waals surface area (Å²) in [7, 11) is 2.02. The predicted octanol–water partition coefficient (Wildman–Crippen LogP) is 1.27. The van der Waals surface area contributed by atoms with E-state index in [1.807, 2.05) is 37.4 Å². The smallest absolute Gasteiger partial charge is 0.316 e. The van der Waals surface area contributed by atoms with Crippen LogP contribution in [0.5, 0.6) is 0 Å². The molecule has 0 spiro atoms. The van der Waals surface area contributed by atoms with Crippen LogP contribution in [0.4, 0.5) is 0 Å². The van der Waals surface area contributed by atoms with Gasteiger partial charge in [-0.1, -0.05) is 30.3 Å². The van der Waals surface area contributed by atoms with Crippen molar-refractivity contribution in [2.24, 2.45) is 0 Å². The number of nitrogens with zero attached hydrogens (tertiary/aromatic N) is 3. The average Bonchev–Trinajstić information content (AvgIpc) is 3.27. The first-order chi connectivity index (χ1) is 12.5. The molecule has 7 nitrogen and oxygen atoms in total. The summed E-state index contributed by atoms with van der Waals surface area (Å²) >= 11 is 0. The van der Waals surface area contributed by atoms with Gasteiger partial charge in [0.25, 0.3) is 5.91 Å². The SMILES string of the molecule is CN1CCc2[nH]nc(C(=O)N3CC[C@](C(=O)O)(c4ccccc4)C3)c2C1. The number of hydrogen-bond acceptors (Lipinski definition) is 4. The number of aromatic nitrogens is 2. The van der Waals surface area contributed by atoms with Crippen molar-refractivity contribution in [2.45, 2.75) is 24.8 Å². The van der Waals surface area contributed by atoms with Crippen LogP contribution in [-0.4, -0.2) is 63.7 Å². The molecule has 0 saturated carbocycles. The van der Waals surface area contributed by atoms with Gasteiger partial charge in [-0.05, 0) is 19.0 Å². The van der Waals surface area contributed by atoms with Crippen molar-refractivity contribution >= 4 is 11.9 Å². The van der Waals surface area contributed by atoms with Gasteiger partial charge < -0.3 is 14.9 Å². The number of aromatic amines is 1. The van der Waals surface area contributed by atoms with Gasteiger partial charge in [0.1, 0.15) is 5.41 Å². The molecule has 3 heterocycles. The number of H-pyrrole nitrogens is 1. The number of likely N-dealkylation sites (tertiary alicyclic amines) is 1. The number of amides is 1. The molecule has 26 heavy (non-hydrogen) atoms. The van der Waals surface area contributed by atoms with Crippen LogP contribution < -0.4 is 0 Å².